The molecule has 20 heavy (non-hydrogen) atoms. The number of nitrogens with two attached hydrogens (primary N) is 1. The fraction of sp³-hybridized carbons (Fsp3) is 0.929. The monoisotopic (exact) mass is 285 g/mol. The van der Waals surface area contributed by atoms with Crippen molar-refractivity contribution in [2.24, 2.45) is 10.7 Å². The van der Waals surface area contributed by atoms with Gasteiger partial charge in [-0.25, -0.2) is 0 Å². The molecule has 6 nitrogen and oxygen atoms in total. The number of morpholine rings is 1. The van der Waals surface area contributed by atoms with Gasteiger partial charge < -0.3 is 20.7 Å². The van der Waals surface area contributed by atoms with Crippen molar-refractivity contribution in [2.45, 2.75) is 20.3 Å². The highest BCUT2D eigenvalue weighted by molar-refractivity contribution is 5.77. The first kappa shape index (κ1) is 17.2. The standard InChI is InChI=1S/C14H31N5O/c1-3-18(4-2)9-7-17-14(15)16-6-5-8-19-10-12-20-13-11-19/h3-13H2,1-2H3,(H3,15,16,17). The molecule has 1 aliphatic rings. The van der Waals surface area contributed by atoms with Gasteiger partial charge in [0.2, 0.25) is 0 Å². The van der Waals surface area contributed by atoms with Crippen molar-refractivity contribution in [3.8, 4) is 0 Å². The van der Waals surface area contributed by atoms with E-state index in [0.29, 0.717) is 5.96 Å². The summed E-state index contributed by atoms with van der Waals surface area (Å²) in [6.07, 6.45) is 1.05. The van der Waals surface area contributed by atoms with Gasteiger partial charge in [0, 0.05) is 39.3 Å². The minimum absolute atomic E-state index is 0.569. The lowest BCUT2D eigenvalue weighted by atomic mass is 10.3. The average molecular weight is 285 g/mol. The quantitative estimate of drug-likeness (QED) is 0.353. The predicted molar refractivity (Wildman–Crippen MR) is 84.2 cm³/mol. The Labute approximate surface area is 123 Å². The molecule has 6 heteroatoms. The molecule has 1 fully saturated rings. The van der Waals surface area contributed by atoms with E-state index in [0.717, 1.165) is 72.0 Å². The van der Waals surface area contributed by atoms with Gasteiger partial charge in [0.05, 0.1) is 13.2 Å². The van der Waals surface area contributed by atoms with Crippen LogP contribution in [0.3, 0.4) is 0 Å². The number of hydrogen-bond acceptors (Lipinski definition) is 4. The van der Waals surface area contributed by atoms with Crippen LogP contribution >= 0.6 is 0 Å². The van der Waals surface area contributed by atoms with E-state index < -0.39 is 0 Å². The Kier molecular flexibility index (Phi) is 9.36. The number of likely N-dealkylation sites (N-methyl/N-ethyl adjacent to an activating group) is 1. The zero-order valence-corrected chi connectivity index (χ0v) is 13.1. The zero-order chi connectivity index (χ0) is 14.6. The zero-order valence-electron chi connectivity index (χ0n) is 13.1. The average Bonchev–Trinajstić information content (AvgIpc) is 2.49. The summed E-state index contributed by atoms with van der Waals surface area (Å²) in [7, 11) is 0. The Morgan fingerprint density at radius 2 is 2.00 bits per heavy atom. The summed E-state index contributed by atoms with van der Waals surface area (Å²) >= 11 is 0. The number of nitrogens with one attached hydrogen (secondary N) is 1. The molecule has 1 aliphatic heterocycles. The number of ether oxygens (including phenoxy) is 1. The van der Waals surface area contributed by atoms with Crippen LogP contribution in [-0.2, 0) is 4.74 Å². The summed E-state index contributed by atoms with van der Waals surface area (Å²) in [6, 6.07) is 0. The minimum atomic E-state index is 0.569. The van der Waals surface area contributed by atoms with Crippen molar-refractivity contribution < 1.29 is 4.74 Å². The van der Waals surface area contributed by atoms with Crippen LogP contribution in [0.2, 0.25) is 0 Å². The van der Waals surface area contributed by atoms with Gasteiger partial charge >= 0.3 is 0 Å². The molecule has 0 unspecified atom stereocenters. The molecule has 1 saturated heterocycles. The summed E-state index contributed by atoms with van der Waals surface area (Å²) < 4.78 is 5.32. The molecule has 1 heterocycles. The maximum absolute atomic E-state index is 5.85. The maximum Gasteiger partial charge on any atom is 0.188 e. The van der Waals surface area contributed by atoms with Crippen molar-refractivity contribution in [1.82, 2.24) is 15.1 Å². The topological polar surface area (TPSA) is 66.1 Å². The Morgan fingerprint density at radius 3 is 2.65 bits per heavy atom. The van der Waals surface area contributed by atoms with E-state index in [1.807, 2.05) is 0 Å². The highest BCUT2D eigenvalue weighted by atomic mass is 16.5. The van der Waals surface area contributed by atoms with Gasteiger partial charge in [-0.05, 0) is 19.5 Å². The van der Waals surface area contributed by atoms with E-state index >= 15 is 0 Å². The lowest BCUT2D eigenvalue weighted by molar-refractivity contribution is 0.0377. The van der Waals surface area contributed by atoms with Crippen LogP contribution in [0.25, 0.3) is 0 Å². The molecule has 0 atom stereocenters. The second kappa shape index (κ2) is 10.9. The molecule has 0 amide bonds. The van der Waals surface area contributed by atoms with Crippen molar-refractivity contribution in [3.63, 3.8) is 0 Å². The molecule has 1 rings (SSSR count). The second-order valence-corrected chi connectivity index (χ2v) is 5.03. The molecule has 0 saturated carbocycles. The molecular weight excluding hydrogens is 254 g/mol. The van der Waals surface area contributed by atoms with Crippen LogP contribution in [0, 0.1) is 0 Å². The van der Waals surface area contributed by atoms with Gasteiger partial charge in [-0.1, -0.05) is 13.8 Å². The van der Waals surface area contributed by atoms with Gasteiger partial charge in [0.15, 0.2) is 5.96 Å². The van der Waals surface area contributed by atoms with Crippen LogP contribution in [-0.4, -0.2) is 81.3 Å². The number of hydrogen-bond donors (Lipinski definition) is 2. The number of nitrogens with zero attached hydrogens (tertiary/aromatic N) is 3. The van der Waals surface area contributed by atoms with Gasteiger partial charge in [0.1, 0.15) is 0 Å². The fourth-order valence-electron chi connectivity index (χ4n) is 2.26. The lowest BCUT2D eigenvalue weighted by Gasteiger charge is -2.26. The van der Waals surface area contributed by atoms with Gasteiger partial charge in [-0.3, -0.25) is 9.89 Å². The van der Waals surface area contributed by atoms with Crippen molar-refractivity contribution in [2.75, 3.05) is 65.6 Å². The van der Waals surface area contributed by atoms with Gasteiger partial charge in [-0.2, -0.15) is 0 Å². The van der Waals surface area contributed by atoms with E-state index in [1.165, 1.54) is 0 Å². The molecule has 0 radical (unpaired) electrons. The number of rotatable bonds is 9. The number of aliphatic imine (C=N–C) groups is 1. The van der Waals surface area contributed by atoms with Crippen molar-refractivity contribution >= 4 is 5.96 Å². The van der Waals surface area contributed by atoms with E-state index in [1.54, 1.807) is 0 Å². The Bertz CT molecular complexity index is 262. The van der Waals surface area contributed by atoms with Gasteiger partial charge in [0.25, 0.3) is 0 Å². The SMILES string of the molecule is CCN(CC)CCNC(N)=NCCCN1CCOCC1. The molecule has 0 aromatic rings. The first-order chi connectivity index (χ1) is 9.76. The second-order valence-electron chi connectivity index (χ2n) is 5.03. The lowest BCUT2D eigenvalue weighted by Crippen LogP contribution is -2.39. The molecule has 118 valence electrons. The number of guanidine groups is 1. The predicted octanol–water partition coefficient (Wildman–Crippen LogP) is -0.0452. The molecule has 0 aliphatic carbocycles. The van der Waals surface area contributed by atoms with Crippen molar-refractivity contribution in [3.05, 3.63) is 0 Å². The smallest absolute Gasteiger partial charge is 0.188 e. The normalized spacial score (nSPS) is 17.6. The molecular formula is C14H31N5O. The fourth-order valence-corrected chi connectivity index (χ4v) is 2.26. The van der Waals surface area contributed by atoms with E-state index in [2.05, 4.69) is 34.0 Å². The van der Waals surface area contributed by atoms with Crippen LogP contribution in [0.4, 0.5) is 0 Å². The minimum Gasteiger partial charge on any atom is -0.379 e. The van der Waals surface area contributed by atoms with Crippen LogP contribution in [0.5, 0.6) is 0 Å². The molecule has 3 N–H and O–H groups in total. The van der Waals surface area contributed by atoms with Crippen LogP contribution in [0.1, 0.15) is 20.3 Å². The first-order valence-electron chi connectivity index (χ1n) is 7.82. The third-order valence-corrected chi connectivity index (χ3v) is 3.65. The maximum atomic E-state index is 5.85. The molecule has 0 aromatic carbocycles. The van der Waals surface area contributed by atoms with Crippen LogP contribution < -0.4 is 11.1 Å². The van der Waals surface area contributed by atoms with E-state index in [-0.39, 0.29) is 0 Å². The third kappa shape index (κ3) is 7.67. The first-order valence-corrected chi connectivity index (χ1v) is 7.82. The van der Waals surface area contributed by atoms with Crippen molar-refractivity contribution in [1.29, 1.82) is 0 Å². The third-order valence-electron chi connectivity index (χ3n) is 3.65. The summed E-state index contributed by atoms with van der Waals surface area (Å²) in [5.41, 5.74) is 5.85. The Balaban J connectivity index is 2.02. The summed E-state index contributed by atoms with van der Waals surface area (Å²) in [5.74, 6) is 0.569. The molecule has 0 aromatic heterocycles. The van der Waals surface area contributed by atoms with Gasteiger partial charge in [-0.15, -0.1) is 0 Å². The summed E-state index contributed by atoms with van der Waals surface area (Å²) in [6.45, 7) is 14.1. The summed E-state index contributed by atoms with van der Waals surface area (Å²) in [4.78, 5) is 9.14. The highest BCUT2D eigenvalue weighted by Crippen LogP contribution is 1.97. The Hall–Kier alpha value is -0.850. The molecule has 0 bridgehead atoms. The van der Waals surface area contributed by atoms with E-state index in [4.69, 9.17) is 10.5 Å². The highest BCUT2D eigenvalue weighted by Gasteiger charge is 2.08. The van der Waals surface area contributed by atoms with E-state index in [9.17, 15) is 0 Å². The van der Waals surface area contributed by atoms with Crippen LogP contribution in [0.15, 0.2) is 4.99 Å². The largest absolute Gasteiger partial charge is 0.379 e. The molecule has 0 spiro atoms. The summed E-state index contributed by atoms with van der Waals surface area (Å²) in [5, 5.41) is 3.17. The Morgan fingerprint density at radius 1 is 1.30 bits per heavy atom.